The monoisotopic (exact) mass is 141 g/mol. The van der Waals surface area contributed by atoms with Crippen LogP contribution in [-0.4, -0.2) is 5.91 Å². The molecule has 1 N–H and O–H groups in total. The van der Waals surface area contributed by atoms with Crippen LogP contribution in [0.2, 0.25) is 0 Å². The number of carbonyl (C=O) groups is 1. The van der Waals surface area contributed by atoms with E-state index in [4.69, 9.17) is 0 Å². The molecule has 0 saturated carbocycles. The third-order valence-corrected chi connectivity index (χ3v) is 0.578. The van der Waals surface area contributed by atoms with Crippen molar-refractivity contribution in [3.8, 4) is 0 Å². The lowest BCUT2D eigenvalue weighted by Gasteiger charge is -1.87. The highest BCUT2D eigenvalue weighted by atomic mass is 16.1. The van der Waals surface area contributed by atoms with E-state index in [9.17, 15) is 4.79 Å². The van der Waals surface area contributed by atoms with E-state index in [2.05, 4.69) is 11.9 Å². The summed E-state index contributed by atoms with van der Waals surface area (Å²) >= 11 is 0. The van der Waals surface area contributed by atoms with E-state index in [1.54, 1.807) is 12.3 Å². The zero-order chi connectivity index (χ0) is 8.41. The highest BCUT2D eigenvalue weighted by Gasteiger charge is 1.82. The van der Waals surface area contributed by atoms with Crippen molar-refractivity contribution in [2.45, 2.75) is 20.8 Å². The Kier molecular flexibility index (Phi) is 12.7. The van der Waals surface area contributed by atoms with Crippen molar-refractivity contribution >= 4 is 5.91 Å². The SMILES string of the molecule is C=CC(=O)N/C=C\C.CC. The Morgan fingerprint density at radius 2 is 2.00 bits per heavy atom. The molecule has 0 saturated heterocycles. The average molecular weight is 141 g/mol. The molecule has 0 heterocycles. The fourth-order valence-electron chi connectivity index (χ4n) is 0.224. The fraction of sp³-hybridized carbons (Fsp3) is 0.375. The molecule has 0 bridgehead atoms. The molecule has 0 rings (SSSR count). The summed E-state index contributed by atoms with van der Waals surface area (Å²) < 4.78 is 0. The molecule has 0 radical (unpaired) electrons. The number of amides is 1. The summed E-state index contributed by atoms with van der Waals surface area (Å²) in [6.45, 7) is 9.09. The molecule has 10 heavy (non-hydrogen) atoms. The lowest BCUT2D eigenvalue weighted by molar-refractivity contribution is -0.115. The Balaban J connectivity index is 0. The van der Waals surface area contributed by atoms with Crippen LogP contribution in [0.5, 0.6) is 0 Å². The molecule has 2 nitrogen and oxygen atoms in total. The number of nitrogens with one attached hydrogen (secondary N) is 1. The molecule has 0 aliphatic heterocycles. The second kappa shape index (κ2) is 10.8. The number of allylic oxidation sites excluding steroid dienone is 1. The summed E-state index contributed by atoms with van der Waals surface area (Å²) in [4.78, 5) is 10.3. The third-order valence-electron chi connectivity index (χ3n) is 0.578. The first kappa shape index (κ1) is 11.7. The van der Waals surface area contributed by atoms with Gasteiger partial charge in [-0.3, -0.25) is 4.79 Å². The number of hydrogen-bond donors (Lipinski definition) is 1. The molecule has 1 amide bonds. The minimum absolute atomic E-state index is 0.178. The summed E-state index contributed by atoms with van der Waals surface area (Å²) in [5.74, 6) is -0.178. The van der Waals surface area contributed by atoms with E-state index in [1.165, 1.54) is 6.08 Å². The first-order valence-electron chi connectivity index (χ1n) is 3.35. The van der Waals surface area contributed by atoms with Crippen molar-refractivity contribution in [2.24, 2.45) is 0 Å². The highest BCUT2D eigenvalue weighted by molar-refractivity contribution is 5.87. The number of rotatable bonds is 2. The van der Waals surface area contributed by atoms with Crippen LogP contribution in [0.25, 0.3) is 0 Å². The van der Waals surface area contributed by atoms with Crippen molar-refractivity contribution in [1.29, 1.82) is 0 Å². The first-order chi connectivity index (χ1) is 4.81. The van der Waals surface area contributed by atoms with E-state index in [0.717, 1.165) is 0 Å². The second-order valence-corrected chi connectivity index (χ2v) is 1.21. The minimum Gasteiger partial charge on any atom is -0.329 e. The molecule has 2 heteroatoms. The van der Waals surface area contributed by atoms with Gasteiger partial charge in [-0.05, 0) is 19.2 Å². The van der Waals surface area contributed by atoms with Crippen molar-refractivity contribution in [2.75, 3.05) is 0 Å². The average Bonchev–Trinajstić information content (AvgIpc) is 2.04. The van der Waals surface area contributed by atoms with Gasteiger partial charge in [0.15, 0.2) is 0 Å². The van der Waals surface area contributed by atoms with Crippen LogP contribution in [0, 0.1) is 0 Å². The molecule has 0 aliphatic rings. The summed E-state index contributed by atoms with van der Waals surface area (Å²) in [5.41, 5.74) is 0. The van der Waals surface area contributed by atoms with E-state index >= 15 is 0 Å². The van der Waals surface area contributed by atoms with Crippen LogP contribution >= 0.6 is 0 Å². The second-order valence-electron chi connectivity index (χ2n) is 1.21. The van der Waals surface area contributed by atoms with Gasteiger partial charge in [-0.25, -0.2) is 0 Å². The minimum atomic E-state index is -0.178. The predicted octanol–water partition coefficient (Wildman–Crippen LogP) is 1.85. The lowest BCUT2D eigenvalue weighted by Crippen LogP contribution is -2.12. The molecule has 0 aromatic heterocycles. The number of hydrogen-bond acceptors (Lipinski definition) is 1. The topological polar surface area (TPSA) is 29.1 Å². The van der Waals surface area contributed by atoms with Crippen LogP contribution in [0.15, 0.2) is 24.9 Å². The quantitative estimate of drug-likeness (QED) is 0.584. The number of carbonyl (C=O) groups excluding carboxylic acids is 1. The molecule has 58 valence electrons. The molecular weight excluding hydrogens is 126 g/mol. The van der Waals surface area contributed by atoms with Gasteiger partial charge >= 0.3 is 0 Å². The van der Waals surface area contributed by atoms with Gasteiger partial charge in [0.25, 0.3) is 0 Å². The van der Waals surface area contributed by atoms with Crippen molar-refractivity contribution < 1.29 is 4.79 Å². The summed E-state index contributed by atoms with van der Waals surface area (Å²) in [6.07, 6.45) is 4.52. The van der Waals surface area contributed by atoms with Gasteiger partial charge < -0.3 is 5.32 Å². The van der Waals surface area contributed by atoms with Crippen LogP contribution in [0.1, 0.15) is 20.8 Å². The van der Waals surface area contributed by atoms with Gasteiger partial charge in [-0.2, -0.15) is 0 Å². The Morgan fingerprint density at radius 3 is 2.30 bits per heavy atom. The molecular formula is C8H15NO. The molecule has 0 unspecified atom stereocenters. The Labute approximate surface area is 62.6 Å². The van der Waals surface area contributed by atoms with Crippen LogP contribution in [0.4, 0.5) is 0 Å². The standard InChI is InChI=1S/C6H9NO.C2H6/c1-3-5-7-6(8)4-2;1-2/h3-5H,2H2,1H3,(H,7,8);1-2H3/b5-3-;. The van der Waals surface area contributed by atoms with E-state index < -0.39 is 0 Å². The molecule has 0 aromatic rings. The van der Waals surface area contributed by atoms with E-state index in [0.29, 0.717) is 0 Å². The molecule has 0 atom stereocenters. The third kappa shape index (κ3) is 10.0. The smallest absolute Gasteiger partial charge is 0.247 e. The molecule has 0 aliphatic carbocycles. The van der Waals surface area contributed by atoms with E-state index in [-0.39, 0.29) is 5.91 Å². The summed E-state index contributed by atoms with van der Waals surface area (Å²) in [5, 5.41) is 2.44. The summed E-state index contributed by atoms with van der Waals surface area (Å²) in [6, 6.07) is 0. The van der Waals surface area contributed by atoms with Gasteiger partial charge in [-0.15, -0.1) is 0 Å². The normalized spacial score (nSPS) is 7.90. The summed E-state index contributed by atoms with van der Waals surface area (Å²) in [7, 11) is 0. The first-order valence-corrected chi connectivity index (χ1v) is 3.35. The maximum absolute atomic E-state index is 10.3. The Bertz CT molecular complexity index is 116. The lowest BCUT2D eigenvalue weighted by atomic mass is 10.6. The largest absolute Gasteiger partial charge is 0.329 e. The van der Waals surface area contributed by atoms with Crippen LogP contribution in [-0.2, 0) is 4.79 Å². The van der Waals surface area contributed by atoms with Gasteiger partial charge in [-0.1, -0.05) is 26.5 Å². The molecule has 0 fully saturated rings. The van der Waals surface area contributed by atoms with Crippen molar-refractivity contribution in [3.63, 3.8) is 0 Å². The molecule has 0 aromatic carbocycles. The predicted molar refractivity (Wildman–Crippen MR) is 44.5 cm³/mol. The van der Waals surface area contributed by atoms with Gasteiger partial charge in [0, 0.05) is 0 Å². The van der Waals surface area contributed by atoms with Gasteiger partial charge in [0.1, 0.15) is 0 Å². The van der Waals surface area contributed by atoms with Gasteiger partial charge in [0.2, 0.25) is 5.91 Å². The fourth-order valence-corrected chi connectivity index (χ4v) is 0.224. The van der Waals surface area contributed by atoms with Crippen molar-refractivity contribution in [3.05, 3.63) is 24.9 Å². The van der Waals surface area contributed by atoms with Crippen LogP contribution in [0.3, 0.4) is 0 Å². The van der Waals surface area contributed by atoms with Crippen LogP contribution < -0.4 is 5.32 Å². The molecule has 0 spiro atoms. The zero-order valence-corrected chi connectivity index (χ0v) is 6.85. The van der Waals surface area contributed by atoms with E-state index in [1.807, 2.05) is 20.8 Å². The van der Waals surface area contributed by atoms with Gasteiger partial charge in [0.05, 0.1) is 0 Å². The zero-order valence-electron chi connectivity index (χ0n) is 6.85. The maximum Gasteiger partial charge on any atom is 0.247 e. The Hall–Kier alpha value is -1.05. The maximum atomic E-state index is 10.3. The highest BCUT2D eigenvalue weighted by Crippen LogP contribution is 1.66. The van der Waals surface area contributed by atoms with Crippen molar-refractivity contribution in [1.82, 2.24) is 5.32 Å². The Morgan fingerprint density at radius 1 is 1.50 bits per heavy atom.